The molecule has 0 aliphatic carbocycles. The number of carboxylic acids is 1. The highest BCUT2D eigenvalue weighted by Gasteiger charge is 2.18. The van der Waals surface area contributed by atoms with E-state index in [9.17, 15) is 9.59 Å². The Bertz CT molecular complexity index is 253. The van der Waals surface area contributed by atoms with E-state index in [-0.39, 0.29) is 0 Å². The molecule has 0 bridgehead atoms. The van der Waals surface area contributed by atoms with Crippen LogP contribution in [0, 0.1) is 0 Å². The third-order valence-corrected chi connectivity index (χ3v) is 2.01. The molecule has 0 amide bonds. The van der Waals surface area contributed by atoms with Crippen LogP contribution in [0.2, 0.25) is 0 Å². The third-order valence-electron chi connectivity index (χ3n) is 1.30. The van der Waals surface area contributed by atoms with Gasteiger partial charge in [0.1, 0.15) is 12.2 Å². The van der Waals surface area contributed by atoms with E-state index in [1.165, 1.54) is 11.3 Å². The van der Waals surface area contributed by atoms with E-state index in [0.29, 0.717) is 11.8 Å². The highest BCUT2D eigenvalue weighted by molar-refractivity contribution is 7.08. The van der Waals surface area contributed by atoms with Gasteiger partial charge in [0.05, 0.1) is 0 Å². The second kappa shape index (κ2) is 3.30. The summed E-state index contributed by atoms with van der Waals surface area (Å²) in [6, 6.07) is 1.64. The monoisotopic (exact) mass is 170 g/mol. The molecule has 1 aromatic heterocycles. The lowest BCUT2D eigenvalue weighted by Crippen LogP contribution is -2.11. The van der Waals surface area contributed by atoms with E-state index in [4.69, 9.17) is 5.11 Å². The van der Waals surface area contributed by atoms with E-state index in [2.05, 4.69) is 0 Å². The number of hydrogen-bond acceptors (Lipinski definition) is 3. The Morgan fingerprint density at radius 2 is 2.45 bits per heavy atom. The zero-order chi connectivity index (χ0) is 8.27. The fraction of sp³-hybridized carbons (Fsp3) is 0.143. The molecular weight excluding hydrogens is 164 g/mol. The highest BCUT2D eigenvalue weighted by Crippen LogP contribution is 2.16. The molecule has 1 heterocycles. The molecule has 0 fully saturated rings. The van der Waals surface area contributed by atoms with Crippen molar-refractivity contribution < 1.29 is 14.7 Å². The summed E-state index contributed by atoms with van der Waals surface area (Å²) in [5.41, 5.74) is 0.553. The summed E-state index contributed by atoms with van der Waals surface area (Å²) < 4.78 is 0. The number of aliphatic carboxylic acids is 1. The van der Waals surface area contributed by atoms with Gasteiger partial charge in [-0.2, -0.15) is 11.3 Å². The Labute approximate surface area is 67.3 Å². The molecule has 0 aromatic carbocycles. The Hall–Kier alpha value is -1.16. The van der Waals surface area contributed by atoms with Gasteiger partial charge in [-0.15, -0.1) is 0 Å². The van der Waals surface area contributed by atoms with E-state index in [1.807, 2.05) is 0 Å². The fourth-order valence-corrected chi connectivity index (χ4v) is 1.43. The molecular formula is C7H6O3S. The summed E-state index contributed by atoms with van der Waals surface area (Å²) in [5.74, 6) is -2.10. The molecule has 11 heavy (non-hydrogen) atoms. The lowest BCUT2D eigenvalue weighted by atomic mass is 10.1. The van der Waals surface area contributed by atoms with Crippen molar-refractivity contribution in [3.8, 4) is 0 Å². The van der Waals surface area contributed by atoms with E-state index in [1.54, 1.807) is 16.8 Å². The lowest BCUT2D eigenvalue weighted by molar-refractivity contribution is -0.140. The van der Waals surface area contributed by atoms with Gasteiger partial charge in [-0.25, -0.2) is 0 Å². The van der Waals surface area contributed by atoms with Crippen molar-refractivity contribution in [3.05, 3.63) is 22.4 Å². The molecule has 1 rings (SSSR count). The topological polar surface area (TPSA) is 54.4 Å². The van der Waals surface area contributed by atoms with Crippen molar-refractivity contribution >= 4 is 23.6 Å². The first-order valence-corrected chi connectivity index (χ1v) is 3.90. The number of hydrogen-bond donors (Lipinski definition) is 1. The van der Waals surface area contributed by atoms with Gasteiger partial charge in [0, 0.05) is 0 Å². The van der Waals surface area contributed by atoms with Gasteiger partial charge in [-0.3, -0.25) is 4.79 Å². The first-order chi connectivity index (χ1) is 5.25. The van der Waals surface area contributed by atoms with Crippen LogP contribution in [0.4, 0.5) is 0 Å². The molecule has 0 aliphatic heterocycles. The van der Waals surface area contributed by atoms with Crippen LogP contribution < -0.4 is 0 Å². The molecule has 0 radical (unpaired) electrons. The molecule has 1 aromatic rings. The summed E-state index contributed by atoms with van der Waals surface area (Å²) in [7, 11) is 0. The molecule has 1 atom stereocenters. The molecule has 0 aliphatic rings. The van der Waals surface area contributed by atoms with Gasteiger partial charge in [-0.1, -0.05) is 0 Å². The minimum atomic E-state index is -1.10. The van der Waals surface area contributed by atoms with Gasteiger partial charge >= 0.3 is 5.97 Å². The Morgan fingerprint density at radius 1 is 1.73 bits per heavy atom. The number of aldehydes is 1. The molecule has 1 unspecified atom stereocenters. The van der Waals surface area contributed by atoms with Crippen molar-refractivity contribution in [2.24, 2.45) is 0 Å². The van der Waals surface area contributed by atoms with Crippen molar-refractivity contribution in [2.75, 3.05) is 0 Å². The quantitative estimate of drug-likeness (QED) is 0.546. The Morgan fingerprint density at radius 3 is 2.82 bits per heavy atom. The second-order valence-electron chi connectivity index (χ2n) is 2.01. The molecule has 1 N–H and O–H groups in total. The van der Waals surface area contributed by atoms with Gasteiger partial charge in [-0.05, 0) is 22.4 Å². The van der Waals surface area contributed by atoms with Crippen LogP contribution in [0.3, 0.4) is 0 Å². The van der Waals surface area contributed by atoms with Crippen molar-refractivity contribution in [3.63, 3.8) is 0 Å². The average Bonchev–Trinajstić information content (AvgIpc) is 2.40. The SMILES string of the molecule is O=CC(C(=O)O)c1ccsc1. The minimum Gasteiger partial charge on any atom is -0.480 e. The minimum absolute atomic E-state index is 0.435. The average molecular weight is 170 g/mol. The van der Waals surface area contributed by atoms with Gasteiger partial charge in [0.15, 0.2) is 0 Å². The summed E-state index contributed by atoms with van der Waals surface area (Å²) in [6.45, 7) is 0. The maximum atomic E-state index is 10.4. The van der Waals surface area contributed by atoms with Crippen LogP contribution in [0.1, 0.15) is 11.5 Å². The first kappa shape index (κ1) is 7.94. The molecule has 0 saturated heterocycles. The zero-order valence-corrected chi connectivity index (χ0v) is 6.38. The maximum Gasteiger partial charge on any atom is 0.318 e. The summed E-state index contributed by atoms with van der Waals surface area (Å²) in [5, 5.41) is 11.9. The smallest absolute Gasteiger partial charge is 0.318 e. The third kappa shape index (κ3) is 1.65. The number of carbonyl (C=O) groups excluding carboxylic acids is 1. The van der Waals surface area contributed by atoms with Crippen LogP contribution in [0.15, 0.2) is 16.8 Å². The predicted octanol–water partition coefficient (Wildman–Crippen LogP) is 1.12. The van der Waals surface area contributed by atoms with Gasteiger partial charge in [0.2, 0.25) is 0 Å². The number of carboxylic acid groups (broad SMARTS) is 1. The van der Waals surface area contributed by atoms with Crippen LogP contribution in [0.25, 0.3) is 0 Å². The molecule has 3 nitrogen and oxygen atoms in total. The predicted molar refractivity (Wildman–Crippen MR) is 40.8 cm³/mol. The number of thiophene rings is 1. The van der Waals surface area contributed by atoms with E-state index < -0.39 is 11.9 Å². The normalized spacial score (nSPS) is 12.4. The summed E-state index contributed by atoms with van der Waals surface area (Å²) in [4.78, 5) is 20.7. The maximum absolute atomic E-state index is 10.4. The van der Waals surface area contributed by atoms with Crippen LogP contribution in [-0.2, 0) is 9.59 Å². The van der Waals surface area contributed by atoms with Crippen LogP contribution in [0.5, 0.6) is 0 Å². The molecule has 0 spiro atoms. The van der Waals surface area contributed by atoms with Gasteiger partial charge < -0.3 is 9.90 Å². The molecule has 0 saturated carbocycles. The van der Waals surface area contributed by atoms with E-state index in [0.717, 1.165) is 0 Å². The Balaban J connectivity index is 2.88. The van der Waals surface area contributed by atoms with Crippen LogP contribution in [-0.4, -0.2) is 17.4 Å². The van der Waals surface area contributed by atoms with Crippen molar-refractivity contribution in [1.82, 2.24) is 0 Å². The fourth-order valence-electron chi connectivity index (χ4n) is 0.731. The van der Waals surface area contributed by atoms with E-state index >= 15 is 0 Å². The number of rotatable bonds is 3. The summed E-state index contributed by atoms with van der Waals surface area (Å²) in [6.07, 6.45) is 0.435. The Kier molecular flexibility index (Phi) is 2.38. The highest BCUT2D eigenvalue weighted by atomic mass is 32.1. The van der Waals surface area contributed by atoms with Crippen molar-refractivity contribution in [1.29, 1.82) is 0 Å². The second-order valence-corrected chi connectivity index (χ2v) is 2.79. The molecule has 58 valence electrons. The zero-order valence-electron chi connectivity index (χ0n) is 5.56. The van der Waals surface area contributed by atoms with Gasteiger partial charge in [0.25, 0.3) is 0 Å². The largest absolute Gasteiger partial charge is 0.480 e. The molecule has 4 heteroatoms. The standard InChI is InChI=1S/C7H6O3S/c8-3-6(7(9)10)5-1-2-11-4-5/h1-4,6H,(H,9,10). The first-order valence-electron chi connectivity index (χ1n) is 2.96. The van der Waals surface area contributed by atoms with Crippen LogP contribution >= 0.6 is 11.3 Å². The number of carbonyl (C=O) groups is 2. The summed E-state index contributed by atoms with van der Waals surface area (Å²) >= 11 is 1.38. The lowest BCUT2D eigenvalue weighted by Gasteiger charge is -1.99. The van der Waals surface area contributed by atoms with Crippen molar-refractivity contribution in [2.45, 2.75) is 5.92 Å².